The van der Waals surface area contributed by atoms with E-state index >= 15 is 0 Å². The molecule has 1 aliphatic carbocycles. The Labute approximate surface area is 271 Å². The lowest BCUT2D eigenvalue weighted by molar-refractivity contribution is 0.834. The molecule has 0 aliphatic heterocycles. The zero-order valence-corrected chi connectivity index (χ0v) is 28.2. The maximum absolute atomic E-state index is 7.28. The minimum atomic E-state index is 0.346. The third-order valence-electron chi connectivity index (χ3n) is 8.83. The molecule has 0 saturated heterocycles. The maximum atomic E-state index is 7.28. The number of benzene rings is 4. The van der Waals surface area contributed by atoms with Crippen LogP contribution in [-0.4, -0.2) is 5.71 Å². The van der Waals surface area contributed by atoms with Crippen LogP contribution in [0.2, 0.25) is 0 Å². The SMILES string of the molecule is CC(C)c1cccc(C(C)C)c1N=C(C1=CC=CC1=C(N)c1ccccc1-c1c(C(C)C)cccc1C(C)C)c1ccccc1. The van der Waals surface area contributed by atoms with Crippen LogP contribution >= 0.6 is 0 Å². The molecule has 0 saturated carbocycles. The molecular weight excluding hydrogens is 544 g/mol. The first kappa shape index (κ1) is 32.0. The molecule has 0 bridgehead atoms. The van der Waals surface area contributed by atoms with Crippen molar-refractivity contribution in [1.82, 2.24) is 0 Å². The smallest absolute Gasteiger partial charge is 0.0788 e. The van der Waals surface area contributed by atoms with Crippen molar-refractivity contribution in [2.24, 2.45) is 10.7 Å². The summed E-state index contributed by atoms with van der Waals surface area (Å²) in [6, 6.07) is 32.5. The fraction of sp³-hybridized carbons (Fsp3) is 0.279. The Morgan fingerprint density at radius 1 is 0.578 bits per heavy atom. The minimum absolute atomic E-state index is 0.346. The topological polar surface area (TPSA) is 38.4 Å². The highest BCUT2D eigenvalue weighted by atomic mass is 14.8. The molecule has 2 N–H and O–H groups in total. The molecule has 4 aromatic rings. The van der Waals surface area contributed by atoms with E-state index in [2.05, 4.69) is 165 Å². The van der Waals surface area contributed by atoms with Gasteiger partial charge in [0.2, 0.25) is 0 Å². The van der Waals surface area contributed by atoms with Gasteiger partial charge in [-0.1, -0.05) is 165 Å². The summed E-state index contributed by atoms with van der Waals surface area (Å²) in [6.45, 7) is 18.1. The molecule has 45 heavy (non-hydrogen) atoms. The van der Waals surface area contributed by atoms with Gasteiger partial charge in [0.25, 0.3) is 0 Å². The summed E-state index contributed by atoms with van der Waals surface area (Å²) in [4.78, 5) is 5.55. The van der Waals surface area contributed by atoms with Crippen LogP contribution in [0.15, 0.2) is 125 Å². The molecule has 2 nitrogen and oxygen atoms in total. The number of rotatable bonds is 9. The minimum Gasteiger partial charge on any atom is -0.398 e. The highest BCUT2D eigenvalue weighted by Crippen LogP contribution is 2.41. The highest BCUT2D eigenvalue weighted by Gasteiger charge is 2.24. The van der Waals surface area contributed by atoms with Crippen molar-refractivity contribution in [3.05, 3.63) is 154 Å². The van der Waals surface area contributed by atoms with Crippen LogP contribution in [0, 0.1) is 0 Å². The first-order valence-electron chi connectivity index (χ1n) is 16.5. The van der Waals surface area contributed by atoms with Crippen LogP contribution in [0.1, 0.15) is 112 Å². The molecule has 0 fully saturated rings. The Balaban J connectivity index is 1.76. The van der Waals surface area contributed by atoms with Crippen molar-refractivity contribution in [3.8, 4) is 11.1 Å². The van der Waals surface area contributed by atoms with E-state index in [0.29, 0.717) is 23.7 Å². The van der Waals surface area contributed by atoms with E-state index in [9.17, 15) is 0 Å². The van der Waals surface area contributed by atoms with Gasteiger partial charge in [-0.2, -0.15) is 0 Å². The van der Waals surface area contributed by atoms with E-state index < -0.39 is 0 Å². The van der Waals surface area contributed by atoms with Crippen LogP contribution in [-0.2, 0) is 0 Å². The predicted molar refractivity (Wildman–Crippen MR) is 196 cm³/mol. The Bertz CT molecular complexity index is 1740. The van der Waals surface area contributed by atoms with Gasteiger partial charge < -0.3 is 5.73 Å². The second-order valence-electron chi connectivity index (χ2n) is 13.4. The molecule has 0 unspecified atom stereocenters. The van der Waals surface area contributed by atoms with Crippen molar-refractivity contribution in [2.45, 2.75) is 79.1 Å². The van der Waals surface area contributed by atoms with Crippen LogP contribution < -0.4 is 5.73 Å². The van der Waals surface area contributed by atoms with Crippen LogP contribution in [0.5, 0.6) is 0 Å². The normalized spacial score (nSPS) is 14.7. The van der Waals surface area contributed by atoms with Gasteiger partial charge in [0.05, 0.1) is 11.4 Å². The zero-order chi connectivity index (χ0) is 32.2. The van der Waals surface area contributed by atoms with Crippen molar-refractivity contribution in [1.29, 1.82) is 0 Å². The van der Waals surface area contributed by atoms with E-state index in [1.165, 1.54) is 33.4 Å². The number of hydrogen-bond acceptors (Lipinski definition) is 2. The molecule has 5 rings (SSSR count). The molecule has 0 spiro atoms. The molecule has 1 aliphatic rings. The first-order valence-corrected chi connectivity index (χ1v) is 16.5. The first-order chi connectivity index (χ1) is 21.6. The molecule has 230 valence electrons. The lowest BCUT2D eigenvalue weighted by atomic mass is 9.82. The monoisotopic (exact) mass is 592 g/mol. The van der Waals surface area contributed by atoms with Gasteiger partial charge in [0.1, 0.15) is 0 Å². The van der Waals surface area contributed by atoms with Crippen molar-refractivity contribution >= 4 is 17.1 Å². The average Bonchev–Trinajstić information content (AvgIpc) is 3.52. The fourth-order valence-electron chi connectivity index (χ4n) is 6.43. The van der Waals surface area contributed by atoms with E-state index in [1.807, 2.05) is 0 Å². The van der Waals surface area contributed by atoms with E-state index in [-0.39, 0.29) is 0 Å². The lowest BCUT2D eigenvalue weighted by Crippen LogP contribution is -2.11. The lowest BCUT2D eigenvalue weighted by Gasteiger charge is -2.23. The van der Waals surface area contributed by atoms with Gasteiger partial charge in [-0.3, -0.25) is 0 Å². The summed E-state index contributed by atoms with van der Waals surface area (Å²) in [6.07, 6.45) is 6.43. The van der Waals surface area contributed by atoms with Crippen molar-refractivity contribution in [2.75, 3.05) is 0 Å². The second kappa shape index (κ2) is 13.7. The van der Waals surface area contributed by atoms with Gasteiger partial charge in [-0.15, -0.1) is 0 Å². The summed E-state index contributed by atoms with van der Waals surface area (Å²) in [5, 5.41) is 0. The number of nitrogens with two attached hydrogens (primary N) is 1. The Morgan fingerprint density at radius 3 is 1.64 bits per heavy atom. The predicted octanol–water partition coefficient (Wildman–Crippen LogP) is 11.8. The Hall–Kier alpha value is -4.43. The molecular formula is C43H48N2. The Kier molecular flexibility index (Phi) is 9.73. The molecule has 0 radical (unpaired) electrons. The number of allylic oxidation sites excluding steroid dienone is 5. The summed E-state index contributed by atoms with van der Waals surface area (Å²) in [7, 11) is 0. The number of para-hydroxylation sites is 1. The van der Waals surface area contributed by atoms with E-state index in [4.69, 9.17) is 10.7 Å². The number of aliphatic imine (C=N–C) groups is 1. The Morgan fingerprint density at radius 2 is 1.09 bits per heavy atom. The molecule has 0 aromatic heterocycles. The van der Waals surface area contributed by atoms with E-state index in [1.54, 1.807) is 0 Å². The van der Waals surface area contributed by atoms with Gasteiger partial charge in [0.15, 0.2) is 0 Å². The second-order valence-corrected chi connectivity index (χ2v) is 13.4. The van der Waals surface area contributed by atoms with Crippen LogP contribution in [0.25, 0.3) is 16.8 Å². The molecule has 4 aromatic carbocycles. The van der Waals surface area contributed by atoms with Crippen molar-refractivity contribution < 1.29 is 0 Å². The third-order valence-corrected chi connectivity index (χ3v) is 8.83. The summed E-state index contributed by atoms with van der Waals surface area (Å²) >= 11 is 0. The van der Waals surface area contributed by atoms with Gasteiger partial charge in [-0.25, -0.2) is 4.99 Å². The number of hydrogen-bond donors (Lipinski definition) is 1. The quantitative estimate of drug-likeness (QED) is 0.193. The van der Waals surface area contributed by atoms with Crippen LogP contribution in [0.3, 0.4) is 0 Å². The highest BCUT2D eigenvalue weighted by molar-refractivity contribution is 6.19. The maximum Gasteiger partial charge on any atom is 0.0788 e. The summed E-state index contributed by atoms with van der Waals surface area (Å²) in [5.41, 5.74) is 21.9. The molecule has 0 amide bonds. The zero-order valence-electron chi connectivity index (χ0n) is 28.2. The van der Waals surface area contributed by atoms with Crippen LogP contribution in [0.4, 0.5) is 5.69 Å². The average molecular weight is 593 g/mol. The largest absolute Gasteiger partial charge is 0.398 e. The van der Waals surface area contributed by atoms with Gasteiger partial charge in [-0.05, 0) is 57.1 Å². The van der Waals surface area contributed by atoms with Crippen molar-refractivity contribution in [3.63, 3.8) is 0 Å². The molecule has 0 heterocycles. The summed E-state index contributed by atoms with van der Waals surface area (Å²) < 4.78 is 0. The third kappa shape index (κ3) is 6.52. The van der Waals surface area contributed by atoms with E-state index in [0.717, 1.165) is 39.4 Å². The molecule has 2 heteroatoms. The number of nitrogens with zero attached hydrogens (tertiary/aromatic N) is 1. The van der Waals surface area contributed by atoms with Gasteiger partial charge >= 0.3 is 0 Å². The summed E-state index contributed by atoms with van der Waals surface area (Å²) in [5.74, 6) is 1.46. The van der Waals surface area contributed by atoms with Gasteiger partial charge in [0, 0.05) is 28.0 Å². The fourth-order valence-corrected chi connectivity index (χ4v) is 6.43. The molecule has 0 atom stereocenters. The standard InChI is InChI=1S/C43H48N2/c1-27(2)32-21-14-22-33(28(3)4)40(32)36-19-12-13-20-37(36)41(44)38-25-16-26-39(38)42(31-17-10-9-11-18-31)45-43-34(29(5)6)23-15-24-35(43)30(7)8/h9-30H,44H2,1-8H3.